The average Bonchev–Trinajstić information content (AvgIpc) is 3.42. The van der Waals surface area contributed by atoms with Gasteiger partial charge in [0.1, 0.15) is 5.75 Å². The summed E-state index contributed by atoms with van der Waals surface area (Å²) in [7, 11) is 1.69. The first-order chi connectivity index (χ1) is 11.6. The van der Waals surface area contributed by atoms with Gasteiger partial charge in [-0.15, -0.1) is 0 Å². The number of ether oxygens (including phenoxy) is 1. The fraction of sp³-hybridized carbons (Fsp3) is 0.632. The molecule has 1 amide bonds. The summed E-state index contributed by atoms with van der Waals surface area (Å²) >= 11 is 0. The Bertz CT molecular complexity index is 534. The smallest absolute Gasteiger partial charge is 0.234 e. The van der Waals surface area contributed by atoms with Crippen LogP contribution in [0.15, 0.2) is 24.3 Å². The molecule has 1 saturated carbocycles. The van der Waals surface area contributed by atoms with Crippen molar-refractivity contribution in [3.8, 4) is 5.75 Å². The number of piperazine rings is 1. The molecule has 2 aliphatic rings. The van der Waals surface area contributed by atoms with E-state index in [9.17, 15) is 4.79 Å². The van der Waals surface area contributed by atoms with Crippen LogP contribution in [0.3, 0.4) is 0 Å². The predicted molar refractivity (Wildman–Crippen MR) is 95.0 cm³/mol. The summed E-state index contributed by atoms with van der Waals surface area (Å²) in [5.41, 5.74) is 1.31. The Morgan fingerprint density at radius 1 is 1.17 bits per heavy atom. The van der Waals surface area contributed by atoms with Crippen molar-refractivity contribution in [1.82, 2.24) is 15.1 Å². The van der Waals surface area contributed by atoms with Gasteiger partial charge in [-0.25, -0.2) is 0 Å². The van der Waals surface area contributed by atoms with Crippen molar-refractivity contribution < 1.29 is 9.53 Å². The topological polar surface area (TPSA) is 44.8 Å². The Balaban J connectivity index is 1.37. The second kappa shape index (κ2) is 7.99. The molecule has 1 aromatic carbocycles. The van der Waals surface area contributed by atoms with Gasteiger partial charge in [0, 0.05) is 38.8 Å². The molecule has 1 aliphatic carbocycles. The summed E-state index contributed by atoms with van der Waals surface area (Å²) in [5.74, 6) is 1.79. The second-order valence-electron chi connectivity index (χ2n) is 7.09. The van der Waals surface area contributed by atoms with Gasteiger partial charge < -0.3 is 10.1 Å². The maximum Gasteiger partial charge on any atom is 0.234 e. The van der Waals surface area contributed by atoms with Crippen molar-refractivity contribution in [1.29, 1.82) is 0 Å². The van der Waals surface area contributed by atoms with E-state index in [0.29, 0.717) is 12.6 Å². The van der Waals surface area contributed by atoms with Crippen LogP contribution in [0.4, 0.5) is 0 Å². The van der Waals surface area contributed by atoms with Crippen molar-refractivity contribution in [3.63, 3.8) is 0 Å². The van der Waals surface area contributed by atoms with Crippen LogP contribution in [-0.2, 0) is 11.3 Å². The molecule has 1 aromatic rings. The molecule has 1 N–H and O–H groups in total. The SMILES string of the molecule is COc1ccc(CN2CCN(CC(=O)N[C@H](C)C3CC3)CC2)cc1. The van der Waals surface area contributed by atoms with Gasteiger partial charge in [0.25, 0.3) is 0 Å². The van der Waals surface area contributed by atoms with Crippen LogP contribution in [0.1, 0.15) is 25.3 Å². The van der Waals surface area contributed by atoms with Crippen molar-refractivity contribution >= 4 is 5.91 Å². The lowest BCUT2D eigenvalue weighted by molar-refractivity contribution is -0.123. The minimum absolute atomic E-state index is 0.179. The van der Waals surface area contributed by atoms with Gasteiger partial charge in [-0.3, -0.25) is 14.6 Å². The summed E-state index contributed by atoms with van der Waals surface area (Å²) in [6.45, 7) is 7.57. The maximum absolute atomic E-state index is 12.1. The van der Waals surface area contributed by atoms with Crippen LogP contribution >= 0.6 is 0 Å². The van der Waals surface area contributed by atoms with E-state index < -0.39 is 0 Å². The fourth-order valence-electron chi connectivity index (χ4n) is 3.31. The zero-order chi connectivity index (χ0) is 16.9. The summed E-state index contributed by atoms with van der Waals surface area (Å²) in [6.07, 6.45) is 2.54. The van der Waals surface area contributed by atoms with Gasteiger partial charge in [-0.2, -0.15) is 0 Å². The minimum Gasteiger partial charge on any atom is -0.497 e. The van der Waals surface area contributed by atoms with Gasteiger partial charge >= 0.3 is 0 Å². The van der Waals surface area contributed by atoms with Crippen molar-refractivity contribution in [2.45, 2.75) is 32.4 Å². The first-order valence-electron chi connectivity index (χ1n) is 9.01. The number of nitrogens with zero attached hydrogens (tertiary/aromatic N) is 2. The molecule has 3 rings (SSSR count). The van der Waals surface area contributed by atoms with E-state index in [0.717, 1.165) is 44.4 Å². The van der Waals surface area contributed by atoms with Crippen LogP contribution in [-0.4, -0.2) is 61.6 Å². The van der Waals surface area contributed by atoms with Crippen LogP contribution in [0.2, 0.25) is 0 Å². The normalized spacial score (nSPS) is 20.6. The molecule has 5 nitrogen and oxygen atoms in total. The molecule has 1 heterocycles. The van der Waals surface area contributed by atoms with Gasteiger partial charge in [0.15, 0.2) is 0 Å². The molecule has 24 heavy (non-hydrogen) atoms. The molecule has 132 valence electrons. The molecule has 0 radical (unpaired) electrons. The molecular weight excluding hydrogens is 302 g/mol. The van der Waals surface area contributed by atoms with Gasteiger partial charge in [0.05, 0.1) is 13.7 Å². The number of carbonyl (C=O) groups excluding carboxylic acids is 1. The van der Waals surface area contributed by atoms with E-state index in [1.807, 2.05) is 12.1 Å². The molecule has 5 heteroatoms. The highest BCUT2D eigenvalue weighted by Crippen LogP contribution is 2.32. The minimum atomic E-state index is 0.179. The molecule has 0 spiro atoms. The Morgan fingerprint density at radius 3 is 2.38 bits per heavy atom. The van der Waals surface area contributed by atoms with E-state index in [1.54, 1.807) is 7.11 Å². The predicted octanol–water partition coefficient (Wildman–Crippen LogP) is 1.73. The Kier molecular flexibility index (Phi) is 5.74. The molecule has 1 saturated heterocycles. The standard InChI is InChI=1S/C19H29N3O2/c1-15(17-5-6-17)20-19(23)14-22-11-9-21(10-12-22)13-16-3-7-18(24-2)8-4-16/h3-4,7-8,15,17H,5-6,9-14H2,1-2H3,(H,20,23)/t15-/m1/s1. The highest BCUT2D eigenvalue weighted by molar-refractivity contribution is 5.78. The quantitative estimate of drug-likeness (QED) is 0.826. The van der Waals surface area contributed by atoms with Gasteiger partial charge in [0.2, 0.25) is 5.91 Å². The van der Waals surface area contributed by atoms with Crippen LogP contribution in [0.25, 0.3) is 0 Å². The average molecular weight is 331 g/mol. The van der Waals surface area contributed by atoms with Crippen molar-refractivity contribution in [2.75, 3.05) is 39.8 Å². The van der Waals surface area contributed by atoms with E-state index in [2.05, 4.69) is 34.2 Å². The highest BCUT2D eigenvalue weighted by Gasteiger charge is 2.29. The number of nitrogens with one attached hydrogen (secondary N) is 1. The number of hydrogen-bond acceptors (Lipinski definition) is 4. The highest BCUT2D eigenvalue weighted by atomic mass is 16.5. The molecule has 2 fully saturated rings. The second-order valence-corrected chi connectivity index (χ2v) is 7.09. The van der Waals surface area contributed by atoms with Crippen LogP contribution in [0, 0.1) is 5.92 Å². The lowest BCUT2D eigenvalue weighted by Crippen LogP contribution is -2.50. The number of rotatable bonds is 7. The van der Waals surface area contributed by atoms with Crippen molar-refractivity contribution in [2.24, 2.45) is 5.92 Å². The largest absolute Gasteiger partial charge is 0.497 e. The summed E-state index contributed by atoms with van der Waals surface area (Å²) in [5, 5.41) is 3.14. The summed E-state index contributed by atoms with van der Waals surface area (Å²) in [6, 6.07) is 8.61. The van der Waals surface area contributed by atoms with E-state index in [1.165, 1.54) is 18.4 Å². The van der Waals surface area contributed by atoms with Crippen LogP contribution in [0.5, 0.6) is 5.75 Å². The maximum atomic E-state index is 12.1. The molecule has 1 aliphatic heterocycles. The van der Waals surface area contributed by atoms with E-state index >= 15 is 0 Å². The fourth-order valence-corrected chi connectivity index (χ4v) is 3.31. The lowest BCUT2D eigenvalue weighted by atomic mass is 10.2. The third kappa shape index (κ3) is 4.95. The monoisotopic (exact) mass is 331 g/mol. The number of hydrogen-bond donors (Lipinski definition) is 1. The zero-order valence-electron chi connectivity index (χ0n) is 14.8. The van der Waals surface area contributed by atoms with Gasteiger partial charge in [-0.1, -0.05) is 12.1 Å². The number of amides is 1. The Morgan fingerprint density at radius 2 is 1.79 bits per heavy atom. The Labute approximate surface area is 145 Å². The summed E-state index contributed by atoms with van der Waals surface area (Å²) in [4.78, 5) is 16.8. The number of benzene rings is 1. The van der Waals surface area contributed by atoms with E-state index in [-0.39, 0.29) is 5.91 Å². The third-order valence-electron chi connectivity index (χ3n) is 5.12. The zero-order valence-corrected chi connectivity index (χ0v) is 14.8. The van der Waals surface area contributed by atoms with Crippen molar-refractivity contribution in [3.05, 3.63) is 29.8 Å². The number of methoxy groups -OCH3 is 1. The Hall–Kier alpha value is -1.59. The molecule has 1 atom stereocenters. The summed E-state index contributed by atoms with van der Waals surface area (Å²) < 4.78 is 5.20. The number of carbonyl (C=O) groups is 1. The van der Waals surface area contributed by atoms with Crippen LogP contribution < -0.4 is 10.1 Å². The lowest BCUT2D eigenvalue weighted by Gasteiger charge is -2.34. The first kappa shape index (κ1) is 17.2. The van der Waals surface area contributed by atoms with E-state index in [4.69, 9.17) is 4.74 Å². The molecule has 0 bridgehead atoms. The van der Waals surface area contributed by atoms with Gasteiger partial charge in [-0.05, 0) is 43.4 Å². The first-order valence-corrected chi connectivity index (χ1v) is 9.01. The molecular formula is C19H29N3O2. The molecule has 0 unspecified atom stereocenters. The molecule has 0 aromatic heterocycles. The third-order valence-corrected chi connectivity index (χ3v) is 5.12.